The number of nitrogens with one attached hydrogen (secondary N) is 2. The lowest BCUT2D eigenvalue weighted by Crippen LogP contribution is -2.57. The zero-order valence-electron chi connectivity index (χ0n) is 15.2. The molecule has 1 aromatic carbocycles. The Kier molecular flexibility index (Phi) is 5.78. The van der Waals surface area contributed by atoms with Crippen LogP contribution < -0.4 is 15.4 Å². The van der Waals surface area contributed by atoms with Gasteiger partial charge in [-0.15, -0.1) is 0 Å². The maximum atomic E-state index is 13.3. The number of amides is 3. The van der Waals surface area contributed by atoms with Gasteiger partial charge in [-0.3, -0.25) is 9.69 Å². The SMILES string of the molecule is COc1cccc(C[C@]2(C3CCNCC3)NC(=O)N(CCCO)C2=O)c1. The van der Waals surface area contributed by atoms with Crippen LogP contribution in [0.1, 0.15) is 24.8 Å². The largest absolute Gasteiger partial charge is 0.497 e. The van der Waals surface area contributed by atoms with Crippen LogP contribution in [0, 0.1) is 5.92 Å². The Balaban J connectivity index is 1.92. The third kappa shape index (κ3) is 3.54. The molecule has 2 aliphatic rings. The Morgan fingerprint density at radius 2 is 2.08 bits per heavy atom. The van der Waals surface area contributed by atoms with Gasteiger partial charge in [-0.25, -0.2) is 4.79 Å². The molecule has 0 unspecified atom stereocenters. The van der Waals surface area contributed by atoms with Crippen LogP contribution in [-0.4, -0.2) is 60.8 Å². The fourth-order valence-corrected chi connectivity index (χ4v) is 4.04. The molecule has 1 atom stereocenters. The molecule has 7 nitrogen and oxygen atoms in total. The van der Waals surface area contributed by atoms with Gasteiger partial charge in [0.05, 0.1) is 7.11 Å². The minimum absolute atomic E-state index is 0.0483. The first-order valence-electron chi connectivity index (χ1n) is 9.19. The van der Waals surface area contributed by atoms with E-state index in [1.165, 1.54) is 4.90 Å². The van der Waals surface area contributed by atoms with E-state index >= 15 is 0 Å². The van der Waals surface area contributed by atoms with Gasteiger partial charge >= 0.3 is 6.03 Å². The summed E-state index contributed by atoms with van der Waals surface area (Å²) in [6.45, 7) is 1.87. The highest BCUT2D eigenvalue weighted by molar-refractivity contribution is 6.07. The van der Waals surface area contributed by atoms with Crippen molar-refractivity contribution in [2.24, 2.45) is 5.92 Å². The average molecular weight is 361 g/mol. The van der Waals surface area contributed by atoms with Crippen molar-refractivity contribution in [3.63, 3.8) is 0 Å². The van der Waals surface area contributed by atoms with Gasteiger partial charge in [0.2, 0.25) is 0 Å². The zero-order chi connectivity index (χ0) is 18.6. The molecule has 0 spiro atoms. The van der Waals surface area contributed by atoms with Crippen molar-refractivity contribution >= 4 is 11.9 Å². The third-order valence-electron chi connectivity index (χ3n) is 5.39. The number of benzene rings is 1. The van der Waals surface area contributed by atoms with Crippen molar-refractivity contribution in [2.45, 2.75) is 31.2 Å². The maximum absolute atomic E-state index is 13.3. The van der Waals surface area contributed by atoms with Crippen LogP contribution in [-0.2, 0) is 11.2 Å². The summed E-state index contributed by atoms with van der Waals surface area (Å²) >= 11 is 0. The minimum Gasteiger partial charge on any atom is -0.497 e. The molecule has 2 saturated heterocycles. The van der Waals surface area contributed by atoms with Crippen molar-refractivity contribution in [1.82, 2.24) is 15.5 Å². The Morgan fingerprint density at radius 3 is 2.77 bits per heavy atom. The second-order valence-corrected chi connectivity index (χ2v) is 6.99. The van der Waals surface area contributed by atoms with Crippen LogP contribution in [0.5, 0.6) is 5.75 Å². The summed E-state index contributed by atoms with van der Waals surface area (Å²) in [5.74, 6) is 0.632. The molecule has 2 heterocycles. The molecule has 26 heavy (non-hydrogen) atoms. The number of urea groups is 1. The topological polar surface area (TPSA) is 90.9 Å². The number of rotatable bonds is 7. The van der Waals surface area contributed by atoms with Crippen LogP contribution in [0.4, 0.5) is 4.79 Å². The molecule has 0 bridgehead atoms. The molecule has 2 fully saturated rings. The second-order valence-electron chi connectivity index (χ2n) is 6.99. The van der Waals surface area contributed by atoms with E-state index in [0.29, 0.717) is 12.8 Å². The highest BCUT2D eigenvalue weighted by atomic mass is 16.5. The Morgan fingerprint density at radius 1 is 1.31 bits per heavy atom. The molecule has 3 rings (SSSR count). The fraction of sp³-hybridized carbons (Fsp3) is 0.579. The number of hydrogen-bond donors (Lipinski definition) is 3. The van der Waals surface area contributed by atoms with Gasteiger partial charge in [-0.2, -0.15) is 0 Å². The summed E-state index contributed by atoms with van der Waals surface area (Å²) in [7, 11) is 1.61. The molecule has 1 aromatic rings. The predicted octanol–water partition coefficient (Wildman–Crippen LogP) is 0.910. The van der Waals surface area contributed by atoms with Crippen molar-refractivity contribution in [3.05, 3.63) is 29.8 Å². The van der Waals surface area contributed by atoms with Gasteiger partial charge in [-0.1, -0.05) is 12.1 Å². The van der Waals surface area contributed by atoms with E-state index in [1.807, 2.05) is 24.3 Å². The van der Waals surface area contributed by atoms with E-state index in [-0.39, 0.29) is 31.0 Å². The molecule has 0 saturated carbocycles. The van der Waals surface area contributed by atoms with Gasteiger partial charge in [-0.05, 0) is 56.0 Å². The lowest BCUT2D eigenvalue weighted by molar-refractivity contribution is -0.133. The van der Waals surface area contributed by atoms with E-state index in [1.54, 1.807) is 7.11 Å². The summed E-state index contributed by atoms with van der Waals surface area (Å²) in [6, 6.07) is 7.28. The molecule has 0 aromatic heterocycles. The molecular weight excluding hydrogens is 334 g/mol. The molecular formula is C19H27N3O4. The van der Waals surface area contributed by atoms with Crippen molar-refractivity contribution in [3.8, 4) is 5.75 Å². The minimum atomic E-state index is -0.930. The van der Waals surface area contributed by atoms with Crippen molar-refractivity contribution in [1.29, 1.82) is 0 Å². The monoisotopic (exact) mass is 361 g/mol. The van der Waals surface area contributed by atoms with Crippen LogP contribution in [0.2, 0.25) is 0 Å². The Labute approximate surface area is 153 Å². The standard InChI is InChI=1S/C19H27N3O4/c1-26-16-5-2-4-14(12-16)13-19(15-6-8-20-9-7-15)17(24)22(10-3-11-23)18(25)21-19/h2,4-5,12,15,20,23H,3,6-11,13H2,1H3,(H,21,25)/t19-/m1/s1. The fourth-order valence-electron chi connectivity index (χ4n) is 4.04. The number of aliphatic hydroxyl groups is 1. The van der Waals surface area contributed by atoms with E-state index in [9.17, 15) is 9.59 Å². The van der Waals surface area contributed by atoms with Crippen molar-refractivity contribution in [2.75, 3.05) is 33.4 Å². The molecule has 2 aliphatic heterocycles. The summed E-state index contributed by atoms with van der Waals surface area (Å²) in [5.41, 5.74) is 0.0293. The zero-order valence-corrected chi connectivity index (χ0v) is 15.2. The Hall–Kier alpha value is -2.12. The van der Waals surface area contributed by atoms with E-state index in [2.05, 4.69) is 10.6 Å². The van der Waals surface area contributed by atoms with Crippen LogP contribution in [0.15, 0.2) is 24.3 Å². The predicted molar refractivity (Wildman–Crippen MR) is 97.0 cm³/mol. The first kappa shape index (κ1) is 18.7. The lowest BCUT2D eigenvalue weighted by Gasteiger charge is -2.38. The normalized spacial score (nSPS) is 24.0. The number of methoxy groups -OCH3 is 1. The number of imide groups is 1. The Bertz CT molecular complexity index is 660. The smallest absolute Gasteiger partial charge is 0.325 e. The van der Waals surface area contributed by atoms with Gasteiger partial charge in [0.15, 0.2) is 0 Å². The lowest BCUT2D eigenvalue weighted by atomic mass is 9.74. The number of nitrogens with zero attached hydrogens (tertiary/aromatic N) is 1. The van der Waals surface area contributed by atoms with E-state index < -0.39 is 5.54 Å². The first-order chi connectivity index (χ1) is 12.6. The molecule has 0 aliphatic carbocycles. The van der Waals surface area contributed by atoms with Gasteiger partial charge < -0.3 is 20.5 Å². The van der Waals surface area contributed by atoms with E-state index in [0.717, 1.165) is 37.2 Å². The van der Waals surface area contributed by atoms with Gasteiger partial charge in [0.25, 0.3) is 5.91 Å². The van der Waals surface area contributed by atoms with Crippen LogP contribution >= 0.6 is 0 Å². The molecule has 142 valence electrons. The number of carbonyl (C=O) groups excluding carboxylic acids is 2. The van der Waals surface area contributed by atoms with Gasteiger partial charge in [0, 0.05) is 19.6 Å². The second kappa shape index (κ2) is 8.05. The molecule has 0 radical (unpaired) electrons. The summed E-state index contributed by atoms with van der Waals surface area (Å²) in [6.07, 6.45) is 2.50. The molecule has 3 amide bonds. The quantitative estimate of drug-likeness (QED) is 0.628. The average Bonchev–Trinajstić information content (AvgIpc) is 2.91. The number of aliphatic hydroxyl groups excluding tert-OH is 1. The van der Waals surface area contributed by atoms with Gasteiger partial charge in [0.1, 0.15) is 11.3 Å². The van der Waals surface area contributed by atoms with Crippen LogP contribution in [0.3, 0.4) is 0 Å². The highest BCUT2D eigenvalue weighted by Crippen LogP contribution is 2.35. The van der Waals surface area contributed by atoms with Crippen molar-refractivity contribution < 1.29 is 19.4 Å². The number of hydrogen-bond acceptors (Lipinski definition) is 5. The molecule has 3 N–H and O–H groups in total. The summed E-state index contributed by atoms with van der Waals surface area (Å²) in [4.78, 5) is 27.1. The highest BCUT2D eigenvalue weighted by Gasteiger charge is 2.55. The van der Waals surface area contributed by atoms with Crippen LogP contribution in [0.25, 0.3) is 0 Å². The van der Waals surface area contributed by atoms with E-state index in [4.69, 9.17) is 9.84 Å². The molecule has 7 heteroatoms. The summed E-state index contributed by atoms with van der Waals surface area (Å²) < 4.78 is 5.30. The number of ether oxygens (including phenoxy) is 1. The summed E-state index contributed by atoms with van der Waals surface area (Å²) in [5, 5.41) is 15.4. The number of piperidine rings is 1. The first-order valence-corrected chi connectivity index (χ1v) is 9.19. The third-order valence-corrected chi connectivity index (χ3v) is 5.39. The maximum Gasteiger partial charge on any atom is 0.325 e. The number of carbonyl (C=O) groups is 2.